The van der Waals surface area contributed by atoms with Crippen LogP contribution in [-0.2, 0) is 4.74 Å². The van der Waals surface area contributed by atoms with E-state index in [1.807, 2.05) is 12.3 Å². The van der Waals surface area contributed by atoms with Crippen LogP contribution in [0.25, 0.3) is 0 Å². The number of hydrogen-bond acceptors (Lipinski definition) is 3. The minimum absolute atomic E-state index is 0.275. The molecule has 16 heavy (non-hydrogen) atoms. The molecule has 1 aliphatic heterocycles. The monoisotopic (exact) mass is 284 g/mol. The zero-order valence-electron chi connectivity index (χ0n) is 9.74. The molecule has 0 amide bonds. The zero-order valence-corrected chi connectivity index (χ0v) is 11.3. The molecule has 1 aliphatic rings. The van der Waals surface area contributed by atoms with Crippen LogP contribution < -0.4 is 4.90 Å². The van der Waals surface area contributed by atoms with E-state index in [0.29, 0.717) is 0 Å². The highest BCUT2D eigenvalue weighted by Gasteiger charge is 2.18. The Morgan fingerprint density at radius 2 is 2.38 bits per heavy atom. The molecule has 0 radical (unpaired) electrons. The van der Waals surface area contributed by atoms with E-state index in [4.69, 9.17) is 4.74 Å². The first-order valence-corrected chi connectivity index (χ1v) is 6.45. The van der Waals surface area contributed by atoms with E-state index < -0.39 is 0 Å². The molecule has 4 heteroatoms. The summed E-state index contributed by atoms with van der Waals surface area (Å²) < 4.78 is 6.74. The Labute approximate surface area is 105 Å². The zero-order chi connectivity index (χ0) is 11.5. The highest BCUT2D eigenvalue weighted by molar-refractivity contribution is 9.10. The molecule has 1 fully saturated rings. The van der Waals surface area contributed by atoms with Gasteiger partial charge < -0.3 is 9.64 Å². The molecule has 1 aromatic rings. The van der Waals surface area contributed by atoms with Gasteiger partial charge in [-0.1, -0.05) is 0 Å². The fraction of sp³-hybridized carbons (Fsp3) is 0.583. The second-order valence-electron chi connectivity index (χ2n) is 4.25. The Bertz CT molecular complexity index is 370. The van der Waals surface area contributed by atoms with E-state index >= 15 is 0 Å². The summed E-state index contributed by atoms with van der Waals surface area (Å²) in [6.45, 7) is 6.98. The van der Waals surface area contributed by atoms with E-state index in [0.717, 1.165) is 36.4 Å². The van der Waals surface area contributed by atoms with Crippen molar-refractivity contribution in [2.45, 2.75) is 26.4 Å². The summed E-state index contributed by atoms with van der Waals surface area (Å²) in [5.74, 6) is 1.04. The summed E-state index contributed by atoms with van der Waals surface area (Å²) in [7, 11) is 0. The third-order valence-electron chi connectivity index (χ3n) is 2.82. The van der Waals surface area contributed by atoms with Crippen molar-refractivity contribution >= 4 is 21.7 Å². The lowest BCUT2D eigenvalue weighted by Crippen LogP contribution is -2.31. The Morgan fingerprint density at radius 3 is 3.19 bits per heavy atom. The summed E-state index contributed by atoms with van der Waals surface area (Å²) in [6, 6.07) is 2.02. The minimum Gasteiger partial charge on any atom is -0.377 e. The van der Waals surface area contributed by atoms with Crippen molar-refractivity contribution in [2.24, 2.45) is 0 Å². The minimum atomic E-state index is 0.275. The molecule has 1 atom stereocenters. The topological polar surface area (TPSA) is 25.4 Å². The summed E-state index contributed by atoms with van der Waals surface area (Å²) in [4.78, 5) is 6.76. The summed E-state index contributed by atoms with van der Waals surface area (Å²) in [5.41, 5.74) is 1.22. The number of nitrogens with zero attached hydrogens (tertiary/aromatic N) is 2. The molecule has 0 bridgehead atoms. The van der Waals surface area contributed by atoms with Gasteiger partial charge in [0.25, 0.3) is 0 Å². The van der Waals surface area contributed by atoms with Crippen molar-refractivity contribution in [3.63, 3.8) is 0 Å². The highest BCUT2D eigenvalue weighted by atomic mass is 79.9. The van der Waals surface area contributed by atoms with E-state index in [1.165, 1.54) is 5.56 Å². The third-order valence-corrected chi connectivity index (χ3v) is 3.80. The maximum absolute atomic E-state index is 5.64. The summed E-state index contributed by atoms with van der Waals surface area (Å²) >= 11 is 3.62. The van der Waals surface area contributed by atoms with Gasteiger partial charge in [0.05, 0.1) is 10.6 Å². The Balaban J connectivity index is 2.24. The Kier molecular flexibility index (Phi) is 3.82. The van der Waals surface area contributed by atoms with Gasteiger partial charge in [-0.25, -0.2) is 4.98 Å². The quantitative estimate of drug-likeness (QED) is 0.793. The van der Waals surface area contributed by atoms with Gasteiger partial charge in [0.1, 0.15) is 5.82 Å². The Hall–Kier alpha value is -0.610. The lowest BCUT2D eigenvalue weighted by molar-refractivity contribution is 0.0820. The maximum Gasteiger partial charge on any atom is 0.143 e. The number of anilines is 1. The highest BCUT2D eigenvalue weighted by Crippen LogP contribution is 2.27. The number of ether oxygens (including phenoxy) is 1. The molecular weight excluding hydrogens is 268 g/mol. The van der Waals surface area contributed by atoms with Crippen molar-refractivity contribution in [3.8, 4) is 0 Å². The number of aromatic nitrogens is 1. The molecule has 2 heterocycles. The maximum atomic E-state index is 5.64. The number of hydrogen-bond donors (Lipinski definition) is 0. The van der Waals surface area contributed by atoms with Crippen molar-refractivity contribution in [2.75, 3.05) is 24.6 Å². The second-order valence-corrected chi connectivity index (χ2v) is 5.04. The second kappa shape index (κ2) is 5.15. The van der Waals surface area contributed by atoms with Crippen LogP contribution in [0, 0.1) is 6.92 Å². The smallest absolute Gasteiger partial charge is 0.143 e. The average Bonchev–Trinajstić information content (AvgIpc) is 2.47. The molecule has 2 rings (SSSR count). The fourth-order valence-electron chi connectivity index (χ4n) is 1.93. The number of aryl methyl sites for hydroxylation is 1. The van der Waals surface area contributed by atoms with Crippen LogP contribution in [0.1, 0.15) is 18.9 Å². The molecule has 0 aliphatic carbocycles. The van der Waals surface area contributed by atoms with Gasteiger partial charge in [-0.3, -0.25) is 0 Å². The van der Waals surface area contributed by atoms with Crippen LogP contribution >= 0.6 is 15.9 Å². The van der Waals surface area contributed by atoms with Crippen LogP contribution in [0.5, 0.6) is 0 Å². The van der Waals surface area contributed by atoms with E-state index in [-0.39, 0.29) is 6.10 Å². The normalized spacial score (nSPS) is 21.9. The van der Waals surface area contributed by atoms with Crippen LogP contribution in [0.3, 0.4) is 0 Å². The van der Waals surface area contributed by atoms with Crippen molar-refractivity contribution in [1.29, 1.82) is 0 Å². The van der Waals surface area contributed by atoms with E-state index in [1.54, 1.807) is 0 Å². The number of halogens is 1. The van der Waals surface area contributed by atoms with Gasteiger partial charge in [0, 0.05) is 25.9 Å². The predicted octanol–water partition coefficient (Wildman–Crippen LogP) is 2.77. The number of pyridine rings is 1. The lowest BCUT2D eigenvalue weighted by Gasteiger charge is -2.24. The fourth-order valence-corrected chi connectivity index (χ4v) is 2.42. The standard InChI is InChI=1S/C12H17BrN2O/c1-9-4-5-14-12(11(9)13)15-6-3-7-16-10(2)8-15/h4-5,10H,3,6-8H2,1-2H3. The van der Waals surface area contributed by atoms with Crippen molar-refractivity contribution < 1.29 is 4.74 Å². The molecule has 0 spiro atoms. The molecule has 1 aromatic heterocycles. The first-order valence-electron chi connectivity index (χ1n) is 5.66. The largest absolute Gasteiger partial charge is 0.377 e. The van der Waals surface area contributed by atoms with Gasteiger partial charge in [-0.05, 0) is 47.8 Å². The molecule has 3 nitrogen and oxygen atoms in total. The average molecular weight is 285 g/mol. The third kappa shape index (κ3) is 2.55. The van der Waals surface area contributed by atoms with Gasteiger partial charge >= 0.3 is 0 Å². The predicted molar refractivity (Wildman–Crippen MR) is 68.9 cm³/mol. The van der Waals surface area contributed by atoms with Gasteiger partial charge in [-0.2, -0.15) is 0 Å². The summed E-state index contributed by atoms with van der Waals surface area (Å²) in [5, 5.41) is 0. The summed E-state index contributed by atoms with van der Waals surface area (Å²) in [6.07, 6.45) is 3.20. The molecular formula is C12H17BrN2O. The first kappa shape index (κ1) is 11.9. The van der Waals surface area contributed by atoms with Crippen LogP contribution in [-0.4, -0.2) is 30.8 Å². The van der Waals surface area contributed by atoms with Gasteiger partial charge in [0.2, 0.25) is 0 Å². The van der Waals surface area contributed by atoms with Crippen LogP contribution in [0.4, 0.5) is 5.82 Å². The van der Waals surface area contributed by atoms with E-state index in [9.17, 15) is 0 Å². The van der Waals surface area contributed by atoms with E-state index in [2.05, 4.69) is 39.7 Å². The van der Waals surface area contributed by atoms with Gasteiger partial charge in [0.15, 0.2) is 0 Å². The molecule has 0 aromatic carbocycles. The molecule has 0 saturated carbocycles. The van der Waals surface area contributed by atoms with Crippen molar-refractivity contribution in [3.05, 3.63) is 22.3 Å². The Morgan fingerprint density at radius 1 is 1.56 bits per heavy atom. The number of rotatable bonds is 1. The van der Waals surface area contributed by atoms with Crippen LogP contribution in [0.15, 0.2) is 16.7 Å². The SMILES string of the molecule is Cc1ccnc(N2CCCOC(C)C2)c1Br. The van der Waals surface area contributed by atoms with Gasteiger partial charge in [-0.15, -0.1) is 0 Å². The molecule has 88 valence electrons. The lowest BCUT2D eigenvalue weighted by atomic mass is 10.2. The first-order chi connectivity index (χ1) is 7.68. The van der Waals surface area contributed by atoms with Crippen LogP contribution in [0.2, 0.25) is 0 Å². The molecule has 0 N–H and O–H groups in total. The molecule has 1 unspecified atom stereocenters. The molecule has 1 saturated heterocycles. The van der Waals surface area contributed by atoms with Crippen molar-refractivity contribution in [1.82, 2.24) is 4.98 Å².